The van der Waals surface area contributed by atoms with Crippen LogP contribution in [0.3, 0.4) is 0 Å². The van der Waals surface area contributed by atoms with E-state index in [4.69, 9.17) is 9.47 Å². The molecule has 2 amide bonds. The van der Waals surface area contributed by atoms with Crippen molar-refractivity contribution in [3.63, 3.8) is 0 Å². The summed E-state index contributed by atoms with van der Waals surface area (Å²) in [5, 5.41) is 2.91. The summed E-state index contributed by atoms with van der Waals surface area (Å²) in [6, 6.07) is 16.4. The number of amides is 2. The fraction of sp³-hybridized carbons (Fsp3) is 0.394. The van der Waals surface area contributed by atoms with Gasteiger partial charge in [0.1, 0.15) is 12.6 Å². The lowest BCUT2D eigenvalue weighted by molar-refractivity contribution is -0.139. The second-order valence-electron chi connectivity index (χ2n) is 11.1. The zero-order valence-electron chi connectivity index (χ0n) is 26.3. The lowest BCUT2D eigenvalue weighted by Gasteiger charge is -2.32. The van der Waals surface area contributed by atoms with Crippen LogP contribution in [0.5, 0.6) is 11.5 Å². The Morgan fingerprint density at radius 2 is 1.49 bits per heavy atom. The number of rotatable bonds is 13. The van der Waals surface area contributed by atoms with E-state index < -0.39 is 28.5 Å². The number of anilines is 1. The molecule has 0 aliphatic carbocycles. The molecular formula is C33H43N3O6S. The normalized spacial score (nSPS) is 12.0. The van der Waals surface area contributed by atoms with E-state index in [0.29, 0.717) is 18.0 Å². The highest BCUT2D eigenvalue weighted by molar-refractivity contribution is 7.92. The Morgan fingerprint density at radius 1 is 0.860 bits per heavy atom. The largest absolute Gasteiger partial charge is 0.493 e. The van der Waals surface area contributed by atoms with Crippen LogP contribution in [-0.2, 0) is 26.2 Å². The first-order valence-corrected chi connectivity index (χ1v) is 15.7. The van der Waals surface area contributed by atoms with Crippen LogP contribution in [0.1, 0.15) is 43.0 Å². The van der Waals surface area contributed by atoms with Crippen molar-refractivity contribution in [3.8, 4) is 11.5 Å². The third-order valence-electron chi connectivity index (χ3n) is 7.17. The molecule has 0 spiro atoms. The van der Waals surface area contributed by atoms with Crippen LogP contribution in [0.4, 0.5) is 5.69 Å². The molecule has 0 radical (unpaired) electrons. The van der Waals surface area contributed by atoms with Crippen LogP contribution in [0, 0.1) is 26.7 Å². The number of methoxy groups -OCH3 is 2. The molecule has 1 N–H and O–H groups in total. The molecule has 3 aromatic carbocycles. The average Bonchev–Trinajstić information content (AvgIpc) is 2.96. The molecule has 9 nitrogen and oxygen atoms in total. The van der Waals surface area contributed by atoms with Gasteiger partial charge in [0.2, 0.25) is 11.8 Å². The Hall–Kier alpha value is -4.05. The van der Waals surface area contributed by atoms with E-state index in [-0.39, 0.29) is 29.0 Å². The van der Waals surface area contributed by atoms with Crippen molar-refractivity contribution in [2.45, 2.75) is 59.0 Å². The molecule has 43 heavy (non-hydrogen) atoms. The zero-order valence-corrected chi connectivity index (χ0v) is 27.1. The van der Waals surface area contributed by atoms with Gasteiger partial charge >= 0.3 is 0 Å². The van der Waals surface area contributed by atoms with E-state index in [1.54, 1.807) is 19.1 Å². The fourth-order valence-corrected chi connectivity index (χ4v) is 6.15. The van der Waals surface area contributed by atoms with E-state index in [2.05, 4.69) is 5.32 Å². The molecule has 3 aromatic rings. The summed E-state index contributed by atoms with van der Waals surface area (Å²) in [6.07, 6.45) is 0. The van der Waals surface area contributed by atoms with Gasteiger partial charge in [-0.3, -0.25) is 13.9 Å². The van der Waals surface area contributed by atoms with Gasteiger partial charge < -0.3 is 19.7 Å². The summed E-state index contributed by atoms with van der Waals surface area (Å²) in [5.41, 5.74) is 3.84. The van der Waals surface area contributed by atoms with Gasteiger partial charge in [-0.15, -0.1) is 0 Å². The van der Waals surface area contributed by atoms with E-state index in [1.165, 1.54) is 37.3 Å². The molecule has 0 fully saturated rings. The predicted molar refractivity (Wildman–Crippen MR) is 169 cm³/mol. The van der Waals surface area contributed by atoms with Gasteiger partial charge in [-0.1, -0.05) is 44.2 Å². The summed E-state index contributed by atoms with van der Waals surface area (Å²) in [4.78, 5) is 28.8. The highest BCUT2D eigenvalue weighted by Gasteiger charge is 2.33. The number of ether oxygens (including phenoxy) is 2. The van der Waals surface area contributed by atoms with Crippen LogP contribution < -0.4 is 19.1 Å². The van der Waals surface area contributed by atoms with Crippen molar-refractivity contribution >= 4 is 27.5 Å². The maximum atomic E-state index is 14.3. The highest BCUT2D eigenvalue weighted by Crippen LogP contribution is 2.33. The molecule has 0 aliphatic heterocycles. The topological polar surface area (TPSA) is 105 Å². The van der Waals surface area contributed by atoms with E-state index >= 15 is 0 Å². The number of nitrogens with zero attached hydrogens (tertiary/aromatic N) is 2. The summed E-state index contributed by atoms with van der Waals surface area (Å²) >= 11 is 0. The molecular weight excluding hydrogens is 566 g/mol. The third kappa shape index (κ3) is 8.28. The van der Waals surface area contributed by atoms with E-state index in [9.17, 15) is 18.0 Å². The second-order valence-corrected chi connectivity index (χ2v) is 13.0. The Balaban J connectivity index is 2.10. The van der Waals surface area contributed by atoms with Gasteiger partial charge in [0.25, 0.3) is 10.0 Å². The summed E-state index contributed by atoms with van der Waals surface area (Å²) in [5.74, 6) is 0.0198. The molecule has 0 bridgehead atoms. The number of carbonyl (C=O) groups excluding carboxylic acids is 2. The summed E-state index contributed by atoms with van der Waals surface area (Å²) in [7, 11) is -1.38. The number of nitrogens with one attached hydrogen (secondary N) is 1. The minimum absolute atomic E-state index is 0.0645. The maximum absolute atomic E-state index is 14.3. The van der Waals surface area contributed by atoms with Gasteiger partial charge in [0, 0.05) is 19.2 Å². The first-order chi connectivity index (χ1) is 20.3. The molecule has 0 aliphatic rings. The summed E-state index contributed by atoms with van der Waals surface area (Å²) in [6.45, 7) is 11.4. The Labute approximate surface area is 255 Å². The van der Waals surface area contributed by atoms with Gasteiger partial charge in [0.15, 0.2) is 11.5 Å². The Morgan fingerprint density at radius 3 is 2.07 bits per heavy atom. The SMILES string of the molecule is COc1ccc(S(=O)(=O)N(CC(=O)N(Cc2ccccc2C)C(C)C(=O)NCC(C)C)c2cc(C)cc(C)c2)cc1OC. The number of sulfonamides is 1. The first-order valence-electron chi connectivity index (χ1n) is 14.2. The van der Waals surface area contributed by atoms with Crippen LogP contribution in [0.2, 0.25) is 0 Å². The number of benzene rings is 3. The van der Waals surface area contributed by atoms with Crippen molar-refractivity contribution in [3.05, 3.63) is 82.9 Å². The quantitative estimate of drug-likeness (QED) is 0.292. The van der Waals surface area contributed by atoms with Gasteiger partial charge in [-0.2, -0.15) is 0 Å². The molecule has 0 saturated carbocycles. The number of aryl methyl sites for hydroxylation is 3. The van der Waals surface area contributed by atoms with Crippen molar-refractivity contribution in [2.24, 2.45) is 5.92 Å². The van der Waals surface area contributed by atoms with Crippen molar-refractivity contribution in [1.82, 2.24) is 10.2 Å². The van der Waals surface area contributed by atoms with Crippen molar-refractivity contribution < 1.29 is 27.5 Å². The third-order valence-corrected chi connectivity index (χ3v) is 8.94. The van der Waals surface area contributed by atoms with Gasteiger partial charge in [-0.25, -0.2) is 8.42 Å². The molecule has 0 heterocycles. The minimum Gasteiger partial charge on any atom is -0.493 e. The molecule has 0 aromatic heterocycles. The number of hydrogen-bond donors (Lipinski definition) is 1. The minimum atomic E-state index is -4.27. The van der Waals surface area contributed by atoms with Crippen LogP contribution in [0.25, 0.3) is 0 Å². The highest BCUT2D eigenvalue weighted by atomic mass is 32.2. The molecule has 232 valence electrons. The average molecular weight is 610 g/mol. The first kappa shape index (κ1) is 33.5. The second kappa shape index (κ2) is 14.4. The van der Waals surface area contributed by atoms with Crippen molar-refractivity contribution in [1.29, 1.82) is 0 Å². The van der Waals surface area contributed by atoms with Crippen LogP contribution in [0.15, 0.2) is 65.6 Å². The molecule has 1 unspecified atom stereocenters. The fourth-order valence-electron chi connectivity index (χ4n) is 4.73. The molecule has 10 heteroatoms. The van der Waals surface area contributed by atoms with E-state index in [1.807, 2.05) is 65.0 Å². The standard InChI is InChI=1S/C33H43N3O6S/c1-22(2)19-34-33(38)26(6)35(20-27-12-10-9-11-25(27)5)32(37)21-36(28-16-23(3)15-24(4)17-28)43(39,40)29-13-14-30(41-7)31(18-29)42-8/h9-18,22,26H,19-21H2,1-8H3,(H,34,38). The van der Waals surface area contributed by atoms with Crippen LogP contribution in [-0.4, -0.2) is 58.5 Å². The van der Waals surface area contributed by atoms with Crippen molar-refractivity contribution in [2.75, 3.05) is 31.6 Å². The Kier molecular flexibility index (Phi) is 11.2. The smallest absolute Gasteiger partial charge is 0.264 e. The molecule has 1 atom stereocenters. The maximum Gasteiger partial charge on any atom is 0.264 e. The molecule has 3 rings (SSSR count). The number of hydrogen-bond acceptors (Lipinski definition) is 6. The molecule has 0 saturated heterocycles. The van der Waals surface area contributed by atoms with Gasteiger partial charge in [0.05, 0.1) is 24.8 Å². The lowest BCUT2D eigenvalue weighted by Crippen LogP contribution is -2.51. The number of carbonyl (C=O) groups is 2. The Bertz CT molecular complexity index is 1530. The van der Waals surface area contributed by atoms with E-state index in [0.717, 1.165) is 26.6 Å². The zero-order chi connectivity index (χ0) is 31.9. The summed E-state index contributed by atoms with van der Waals surface area (Å²) < 4.78 is 40.3. The lowest BCUT2D eigenvalue weighted by atomic mass is 10.1. The van der Waals surface area contributed by atoms with Crippen LogP contribution >= 0.6 is 0 Å². The van der Waals surface area contributed by atoms with Gasteiger partial charge in [-0.05, 0) is 80.1 Å². The predicted octanol–water partition coefficient (Wildman–Crippen LogP) is 5.01. The monoisotopic (exact) mass is 609 g/mol.